The Labute approximate surface area is 156 Å². The van der Waals surface area contributed by atoms with Gasteiger partial charge >= 0.3 is 6.18 Å². The third-order valence-corrected chi connectivity index (χ3v) is 4.35. The molecule has 0 spiro atoms. The van der Waals surface area contributed by atoms with Crippen LogP contribution in [0.5, 0.6) is 5.88 Å². The number of halogens is 3. The molecule has 1 N–H and O–H groups in total. The number of nitrogens with zero attached hydrogens (tertiary/aromatic N) is 2. The van der Waals surface area contributed by atoms with Crippen molar-refractivity contribution in [3.8, 4) is 5.88 Å². The molecule has 0 saturated carbocycles. The van der Waals surface area contributed by atoms with Crippen molar-refractivity contribution in [3.63, 3.8) is 0 Å². The lowest BCUT2D eigenvalue weighted by molar-refractivity contribution is -0.190. The second-order valence-electron chi connectivity index (χ2n) is 6.46. The van der Waals surface area contributed by atoms with Crippen LogP contribution in [0.1, 0.15) is 49.4 Å². The maximum absolute atomic E-state index is 12.7. The molecule has 1 aromatic rings. The summed E-state index contributed by atoms with van der Waals surface area (Å²) in [7, 11) is 0. The summed E-state index contributed by atoms with van der Waals surface area (Å²) in [6.45, 7) is 2.39. The Balaban J connectivity index is 1.89. The molecule has 1 aromatic heterocycles. The van der Waals surface area contributed by atoms with E-state index in [0.717, 1.165) is 45.7 Å². The molecule has 1 saturated heterocycles. The minimum Gasteiger partial charge on any atom is -0.464 e. The number of carbonyl (C=O) groups excluding carboxylic acids is 2. The number of hydrogen-bond acceptors (Lipinski definition) is 4. The molecule has 1 fully saturated rings. The van der Waals surface area contributed by atoms with E-state index in [1.165, 1.54) is 18.3 Å². The first-order valence-corrected chi connectivity index (χ1v) is 9.03. The molecule has 2 amide bonds. The molecular formula is C18H24F3N3O3. The zero-order chi connectivity index (χ0) is 19.9. The Morgan fingerprint density at radius 1 is 1.26 bits per heavy atom. The fourth-order valence-corrected chi connectivity index (χ4v) is 2.75. The highest BCUT2D eigenvalue weighted by molar-refractivity contribution is 5.96. The molecule has 6 nitrogen and oxygen atoms in total. The highest BCUT2D eigenvalue weighted by atomic mass is 19.4. The predicted octanol–water partition coefficient (Wildman–Crippen LogP) is 2.93. The molecule has 9 heteroatoms. The fraction of sp³-hybridized carbons (Fsp3) is 0.611. The first kappa shape index (κ1) is 21.0. The van der Waals surface area contributed by atoms with Crippen LogP contribution in [0.4, 0.5) is 13.2 Å². The van der Waals surface area contributed by atoms with E-state index in [9.17, 15) is 22.8 Å². The van der Waals surface area contributed by atoms with E-state index in [1.807, 2.05) is 0 Å². The zero-order valence-electron chi connectivity index (χ0n) is 15.2. The quantitative estimate of drug-likeness (QED) is 0.815. The van der Waals surface area contributed by atoms with Gasteiger partial charge in [0.05, 0.1) is 0 Å². The summed E-state index contributed by atoms with van der Waals surface area (Å²) < 4.78 is 42.8. The molecule has 27 heavy (non-hydrogen) atoms. The Morgan fingerprint density at radius 3 is 2.56 bits per heavy atom. The van der Waals surface area contributed by atoms with Crippen molar-refractivity contribution < 1.29 is 27.5 Å². The normalized spacial score (nSPS) is 16.4. The van der Waals surface area contributed by atoms with Gasteiger partial charge in [-0.1, -0.05) is 12.8 Å². The molecule has 0 radical (unpaired) electrons. The lowest BCUT2D eigenvalue weighted by Crippen LogP contribution is -2.35. The Morgan fingerprint density at radius 2 is 1.93 bits per heavy atom. The second-order valence-corrected chi connectivity index (χ2v) is 6.46. The maximum Gasteiger partial charge on any atom is 0.425 e. The average Bonchev–Trinajstić information content (AvgIpc) is 2.90. The molecule has 0 aliphatic carbocycles. The van der Waals surface area contributed by atoms with E-state index in [0.29, 0.717) is 0 Å². The van der Waals surface area contributed by atoms with Crippen LogP contribution in [0.2, 0.25) is 0 Å². The van der Waals surface area contributed by atoms with Crippen LogP contribution in [0.15, 0.2) is 18.3 Å². The van der Waals surface area contributed by atoms with E-state index in [-0.39, 0.29) is 24.4 Å². The van der Waals surface area contributed by atoms with Gasteiger partial charge in [-0.2, -0.15) is 13.2 Å². The van der Waals surface area contributed by atoms with Crippen LogP contribution < -0.4 is 10.1 Å². The van der Waals surface area contributed by atoms with Gasteiger partial charge in [-0.3, -0.25) is 9.59 Å². The van der Waals surface area contributed by atoms with Crippen LogP contribution in [0.3, 0.4) is 0 Å². The largest absolute Gasteiger partial charge is 0.464 e. The van der Waals surface area contributed by atoms with Crippen molar-refractivity contribution in [2.45, 2.75) is 51.3 Å². The van der Waals surface area contributed by atoms with Crippen molar-refractivity contribution in [1.29, 1.82) is 0 Å². The zero-order valence-corrected chi connectivity index (χ0v) is 15.2. The molecule has 1 aliphatic heterocycles. The van der Waals surface area contributed by atoms with Gasteiger partial charge in [0, 0.05) is 32.3 Å². The number of nitrogens with one attached hydrogen (secondary N) is 1. The Kier molecular flexibility index (Phi) is 7.44. The van der Waals surface area contributed by atoms with Crippen molar-refractivity contribution in [2.75, 3.05) is 19.6 Å². The molecule has 2 rings (SSSR count). The highest BCUT2D eigenvalue weighted by Crippen LogP contribution is 2.25. The molecule has 0 unspecified atom stereocenters. The Hall–Kier alpha value is -2.32. The van der Waals surface area contributed by atoms with Gasteiger partial charge in [0.2, 0.25) is 11.8 Å². The van der Waals surface area contributed by atoms with Crippen LogP contribution in [-0.2, 0) is 4.79 Å². The lowest BCUT2D eigenvalue weighted by atomic mass is 10.2. The van der Waals surface area contributed by atoms with E-state index >= 15 is 0 Å². The number of amides is 2. The first-order valence-electron chi connectivity index (χ1n) is 9.03. The van der Waals surface area contributed by atoms with Crippen molar-refractivity contribution in [3.05, 3.63) is 23.9 Å². The molecule has 150 valence electrons. The van der Waals surface area contributed by atoms with E-state index in [1.54, 1.807) is 4.90 Å². The van der Waals surface area contributed by atoms with Crippen LogP contribution in [0.25, 0.3) is 0 Å². The number of rotatable bonds is 6. The van der Waals surface area contributed by atoms with Crippen LogP contribution in [0, 0.1) is 0 Å². The van der Waals surface area contributed by atoms with Gasteiger partial charge in [-0.25, -0.2) is 4.98 Å². The number of alkyl halides is 3. The number of hydrogen-bond donors (Lipinski definition) is 1. The van der Waals surface area contributed by atoms with E-state index in [4.69, 9.17) is 4.74 Å². The smallest absolute Gasteiger partial charge is 0.425 e. The van der Waals surface area contributed by atoms with Gasteiger partial charge in [0.1, 0.15) is 5.56 Å². The van der Waals surface area contributed by atoms with Gasteiger partial charge in [-0.15, -0.1) is 0 Å². The van der Waals surface area contributed by atoms with Crippen LogP contribution in [-0.4, -0.2) is 53.6 Å². The van der Waals surface area contributed by atoms with Crippen molar-refractivity contribution in [2.24, 2.45) is 0 Å². The van der Waals surface area contributed by atoms with Gasteiger partial charge in [-0.05, 0) is 31.9 Å². The third kappa shape index (κ3) is 6.41. The van der Waals surface area contributed by atoms with E-state index < -0.39 is 24.1 Å². The molecule has 2 heterocycles. The number of carbonyl (C=O) groups is 2. The second kappa shape index (κ2) is 9.57. The highest BCUT2D eigenvalue weighted by Gasteiger charge is 2.39. The number of likely N-dealkylation sites (tertiary alicyclic amines) is 1. The molecule has 0 bridgehead atoms. The summed E-state index contributed by atoms with van der Waals surface area (Å²) in [5.41, 5.74) is -0.101. The first-order chi connectivity index (χ1) is 12.8. The summed E-state index contributed by atoms with van der Waals surface area (Å²) in [4.78, 5) is 30.0. The molecule has 0 aromatic carbocycles. The maximum atomic E-state index is 12.7. The summed E-state index contributed by atoms with van der Waals surface area (Å²) in [6.07, 6.45) is -1.09. The Bertz CT molecular complexity index is 644. The van der Waals surface area contributed by atoms with Crippen molar-refractivity contribution in [1.82, 2.24) is 15.2 Å². The third-order valence-electron chi connectivity index (χ3n) is 4.35. The van der Waals surface area contributed by atoms with Crippen LogP contribution >= 0.6 is 0 Å². The van der Waals surface area contributed by atoms with E-state index in [2.05, 4.69) is 10.3 Å². The standard InChI is InChI=1S/C18H24F3N3O3/c1-13(18(19,20)21)27-17-14(7-6-9-23-17)16(26)22-10-8-15(25)24-11-4-2-3-5-12-24/h6-7,9,13H,2-5,8,10-12H2,1H3,(H,22,26)/t13-/m0/s1. The number of pyridine rings is 1. The lowest BCUT2D eigenvalue weighted by Gasteiger charge is -2.20. The summed E-state index contributed by atoms with van der Waals surface area (Å²) in [6, 6.07) is 2.76. The molecular weight excluding hydrogens is 363 g/mol. The van der Waals surface area contributed by atoms with Gasteiger partial charge < -0.3 is 15.0 Å². The average molecular weight is 387 g/mol. The minimum absolute atomic E-state index is 0.0365. The fourth-order valence-electron chi connectivity index (χ4n) is 2.75. The van der Waals surface area contributed by atoms with Gasteiger partial charge in [0.25, 0.3) is 5.91 Å². The summed E-state index contributed by atoms with van der Waals surface area (Å²) >= 11 is 0. The molecule has 1 aliphatic rings. The topological polar surface area (TPSA) is 71.5 Å². The SMILES string of the molecule is C[C@H](Oc1ncccc1C(=O)NCCC(=O)N1CCCCCC1)C(F)(F)F. The minimum atomic E-state index is -4.56. The van der Waals surface area contributed by atoms with Gasteiger partial charge in [0.15, 0.2) is 6.10 Å². The van der Waals surface area contributed by atoms with Crippen molar-refractivity contribution >= 4 is 11.8 Å². The number of ether oxygens (including phenoxy) is 1. The predicted molar refractivity (Wildman–Crippen MR) is 92.4 cm³/mol. The monoisotopic (exact) mass is 387 g/mol. The summed E-state index contributed by atoms with van der Waals surface area (Å²) in [5.74, 6) is -1.06. The molecule has 1 atom stereocenters. The summed E-state index contributed by atoms with van der Waals surface area (Å²) in [5, 5.41) is 2.55. The number of aromatic nitrogens is 1.